The van der Waals surface area contributed by atoms with Crippen LogP contribution in [-0.2, 0) is 0 Å². The van der Waals surface area contributed by atoms with Crippen molar-refractivity contribution in [2.24, 2.45) is 0 Å². The van der Waals surface area contributed by atoms with E-state index >= 15 is 0 Å². The van der Waals surface area contributed by atoms with Crippen LogP contribution in [0.15, 0.2) is 97.2 Å². The van der Waals surface area contributed by atoms with Gasteiger partial charge < -0.3 is 5.73 Å². The monoisotopic (exact) mass is 434 g/mol. The molecular formula is C25H18N6O2. The zero-order valence-corrected chi connectivity index (χ0v) is 17.4. The zero-order valence-electron chi connectivity index (χ0n) is 17.4. The van der Waals surface area contributed by atoms with Crippen LogP contribution in [0.3, 0.4) is 0 Å². The molecule has 0 aliphatic carbocycles. The minimum atomic E-state index is -0.426. The van der Waals surface area contributed by atoms with Gasteiger partial charge in [-0.3, -0.25) is 10.1 Å². The Bertz CT molecular complexity index is 1430. The molecule has 2 N–H and O–H groups in total. The molecule has 0 aliphatic rings. The molecule has 33 heavy (non-hydrogen) atoms. The summed E-state index contributed by atoms with van der Waals surface area (Å²) in [6.07, 6.45) is 1.88. The molecule has 0 amide bonds. The second-order valence-electron chi connectivity index (χ2n) is 7.34. The molecule has 8 heteroatoms. The van der Waals surface area contributed by atoms with Gasteiger partial charge in [-0.25, -0.2) is 14.6 Å². The van der Waals surface area contributed by atoms with Crippen molar-refractivity contribution in [3.63, 3.8) is 0 Å². The third-order valence-electron chi connectivity index (χ3n) is 5.18. The lowest BCUT2D eigenvalue weighted by Gasteiger charge is -2.07. The summed E-state index contributed by atoms with van der Waals surface area (Å²) in [4.78, 5) is 19.5. The quantitative estimate of drug-likeness (QED) is 0.302. The molecular weight excluding hydrogens is 416 g/mol. The molecule has 0 bridgehead atoms. The molecule has 0 spiro atoms. The number of benzene rings is 3. The number of hydrogen-bond acceptors (Lipinski definition) is 6. The van der Waals surface area contributed by atoms with E-state index in [0.29, 0.717) is 17.1 Å². The topological polar surface area (TPSA) is 113 Å². The van der Waals surface area contributed by atoms with Gasteiger partial charge >= 0.3 is 0 Å². The second kappa shape index (κ2) is 8.35. The Morgan fingerprint density at radius 2 is 1.42 bits per heavy atom. The predicted octanol–water partition coefficient (Wildman–Crippen LogP) is 5.15. The molecule has 2 heterocycles. The third-order valence-corrected chi connectivity index (χ3v) is 5.18. The fourth-order valence-corrected chi connectivity index (χ4v) is 3.59. The zero-order chi connectivity index (χ0) is 22.8. The predicted molar refractivity (Wildman–Crippen MR) is 127 cm³/mol. The van der Waals surface area contributed by atoms with Crippen molar-refractivity contribution in [2.75, 3.05) is 5.73 Å². The fraction of sp³-hybridized carbons (Fsp3) is 0. The molecule has 0 saturated heterocycles. The van der Waals surface area contributed by atoms with E-state index in [2.05, 4.69) is 9.97 Å². The Morgan fingerprint density at radius 1 is 0.788 bits per heavy atom. The van der Waals surface area contributed by atoms with Gasteiger partial charge in [0.05, 0.1) is 22.0 Å². The first-order chi connectivity index (χ1) is 16.1. The van der Waals surface area contributed by atoms with Crippen molar-refractivity contribution in [1.29, 1.82) is 0 Å². The number of para-hydroxylation sites is 1. The maximum absolute atomic E-state index is 11.1. The lowest BCUT2D eigenvalue weighted by atomic mass is 10.0. The normalized spacial score (nSPS) is 10.8. The number of nitrogen functional groups attached to an aromatic ring is 1. The molecule has 160 valence electrons. The van der Waals surface area contributed by atoms with E-state index in [9.17, 15) is 10.1 Å². The van der Waals surface area contributed by atoms with Crippen molar-refractivity contribution >= 4 is 11.6 Å². The molecule has 2 aromatic heterocycles. The molecule has 0 saturated carbocycles. The molecule has 0 atom stereocenters. The van der Waals surface area contributed by atoms with E-state index in [1.54, 1.807) is 16.8 Å². The van der Waals surface area contributed by atoms with Gasteiger partial charge in [0.2, 0.25) is 5.95 Å². The molecule has 5 aromatic rings. The summed E-state index contributed by atoms with van der Waals surface area (Å²) >= 11 is 0. The summed E-state index contributed by atoms with van der Waals surface area (Å²) in [7, 11) is 0. The summed E-state index contributed by atoms with van der Waals surface area (Å²) < 4.78 is 1.76. The van der Waals surface area contributed by atoms with Crippen LogP contribution in [0, 0.1) is 10.1 Å². The van der Waals surface area contributed by atoms with Crippen molar-refractivity contribution in [3.8, 4) is 39.5 Å². The molecule has 3 aromatic carbocycles. The number of rotatable bonds is 5. The highest BCUT2D eigenvalue weighted by Crippen LogP contribution is 2.34. The lowest BCUT2D eigenvalue weighted by Crippen LogP contribution is -1.99. The van der Waals surface area contributed by atoms with Crippen molar-refractivity contribution in [2.45, 2.75) is 0 Å². The average Bonchev–Trinajstić information content (AvgIpc) is 3.30. The highest BCUT2D eigenvalue weighted by Gasteiger charge is 2.18. The van der Waals surface area contributed by atoms with E-state index in [1.165, 1.54) is 12.1 Å². The van der Waals surface area contributed by atoms with Gasteiger partial charge in [0, 0.05) is 35.0 Å². The highest BCUT2D eigenvalue weighted by molar-refractivity contribution is 5.81. The Hall–Kier alpha value is -4.85. The van der Waals surface area contributed by atoms with Crippen LogP contribution in [0.1, 0.15) is 0 Å². The molecule has 5 rings (SSSR count). The number of nitrogens with zero attached hydrogens (tertiary/aromatic N) is 5. The van der Waals surface area contributed by atoms with Crippen LogP contribution in [0.2, 0.25) is 0 Å². The summed E-state index contributed by atoms with van der Waals surface area (Å²) in [5, 5.41) is 15.9. The van der Waals surface area contributed by atoms with E-state index < -0.39 is 4.92 Å². The first-order valence-electron chi connectivity index (χ1n) is 10.2. The van der Waals surface area contributed by atoms with E-state index in [1.807, 2.05) is 72.9 Å². The molecule has 8 nitrogen and oxygen atoms in total. The number of non-ortho nitro benzene ring substituents is 1. The molecule has 0 radical (unpaired) electrons. The van der Waals surface area contributed by atoms with Gasteiger partial charge in [-0.15, -0.1) is 0 Å². The van der Waals surface area contributed by atoms with E-state index in [4.69, 9.17) is 10.8 Å². The second-order valence-corrected chi connectivity index (χ2v) is 7.34. The van der Waals surface area contributed by atoms with Crippen LogP contribution >= 0.6 is 0 Å². The summed E-state index contributed by atoms with van der Waals surface area (Å²) in [6, 6.07) is 27.6. The van der Waals surface area contributed by atoms with Crippen LogP contribution in [0.25, 0.3) is 39.5 Å². The molecule has 0 fully saturated rings. The average molecular weight is 434 g/mol. The summed E-state index contributed by atoms with van der Waals surface area (Å²) in [6.45, 7) is 0. The summed E-state index contributed by atoms with van der Waals surface area (Å²) in [5.74, 6) is 0.147. The largest absolute Gasteiger partial charge is 0.368 e. The van der Waals surface area contributed by atoms with E-state index in [0.717, 1.165) is 22.4 Å². The Balaban J connectivity index is 1.69. The first kappa shape index (κ1) is 20.1. The lowest BCUT2D eigenvalue weighted by molar-refractivity contribution is -0.384. The smallest absolute Gasteiger partial charge is 0.269 e. The Labute approximate surface area is 189 Å². The minimum Gasteiger partial charge on any atom is -0.368 e. The van der Waals surface area contributed by atoms with Gasteiger partial charge in [-0.1, -0.05) is 48.5 Å². The van der Waals surface area contributed by atoms with Crippen LogP contribution < -0.4 is 5.73 Å². The van der Waals surface area contributed by atoms with Gasteiger partial charge in [-0.2, -0.15) is 5.10 Å². The van der Waals surface area contributed by atoms with Gasteiger partial charge in [0.1, 0.15) is 5.69 Å². The van der Waals surface area contributed by atoms with Gasteiger partial charge in [0.25, 0.3) is 5.69 Å². The van der Waals surface area contributed by atoms with Crippen LogP contribution in [-0.4, -0.2) is 24.7 Å². The molecule has 0 unspecified atom stereocenters. The summed E-state index contributed by atoms with van der Waals surface area (Å²) in [5.41, 5.74) is 11.3. The SMILES string of the molecule is Nc1nc(-c2ccccc2)cc(-c2cn(-c3ccccc3)nc2-c2ccc([N+](=O)[O-])cc2)n1. The van der Waals surface area contributed by atoms with Crippen molar-refractivity contribution < 1.29 is 4.92 Å². The van der Waals surface area contributed by atoms with Crippen molar-refractivity contribution in [3.05, 3.63) is 107 Å². The van der Waals surface area contributed by atoms with Gasteiger partial charge in [0.15, 0.2) is 0 Å². The van der Waals surface area contributed by atoms with Crippen molar-refractivity contribution in [1.82, 2.24) is 19.7 Å². The highest BCUT2D eigenvalue weighted by atomic mass is 16.6. The first-order valence-corrected chi connectivity index (χ1v) is 10.2. The molecule has 0 aliphatic heterocycles. The maximum Gasteiger partial charge on any atom is 0.269 e. The number of nitro groups is 1. The van der Waals surface area contributed by atoms with Crippen LogP contribution in [0.4, 0.5) is 11.6 Å². The van der Waals surface area contributed by atoms with Crippen LogP contribution in [0.5, 0.6) is 0 Å². The number of hydrogen-bond donors (Lipinski definition) is 1. The standard InChI is InChI=1S/C25H18N6O2/c26-25-27-22(17-7-3-1-4-8-17)15-23(28-25)21-16-30(19-9-5-2-6-10-19)29-24(21)18-11-13-20(14-12-18)31(32)33/h1-16H,(H2,26,27,28). The third kappa shape index (κ3) is 4.05. The maximum atomic E-state index is 11.1. The number of aromatic nitrogens is 4. The fourth-order valence-electron chi connectivity index (χ4n) is 3.59. The number of nitro benzene ring substituents is 1. The number of nitrogens with two attached hydrogens (primary N) is 1. The minimum absolute atomic E-state index is 0.0143. The Morgan fingerprint density at radius 3 is 2.09 bits per heavy atom. The van der Waals surface area contributed by atoms with Gasteiger partial charge in [-0.05, 0) is 30.3 Å². The Kier molecular flexibility index (Phi) is 5.08. The van der Waals surface area contributed by atoms with E-state index in [-0.39, 0.29) is 11.6 Å². The number of anilines is 1.